The maximum absolute atomic E-state index is 8.84. The monoisotopic (exact) mass is 203 g/mol. The average molecular weight is 203 g/mol. The molecule has 1 rings (SSSR count). The highest BCUT2D eigenvalue weighted by atomic mass is 16.5. The quantitative estimate of drug-likeness (QED) is 0.665. The van der Waals surface area contributed by atoms with Crippen LogP contribution in [0.5, 0.6) is 0 Å². The first-order chi connectivity index (χ1) is 6.81. The van der Waals surface area contributed by atoms with Crippen LogP contribution in [0.3, 0.4) is 0 Å². The normalized spacial score (nSPS) is 28.5. The Bertz CT molecular complexity index is 140. The van der Waals surface area contributed by atoms with Crippen molar-refractivity contribution >= 4 is 0 Å². The summed E-state index contributed by atoms with van der Waals surface area (Å²) >= 11 is 0. The molecule has 0 bridgehead atoms. The third kappa shape index (κ3) is 3.20. The van der Waals surface area contributed by atoms with Gasteiger partial charge >= 0.3 is 0 Å². The van der Waals surface area contributed by atoms with Crippen LogP contribution in [-0.2, 0) is 9.47 Å². The molecule has 1 heterocycles. The fraction of sp³-hybridized carbons (Fsp3) is 1.00. The Morgan fingerprint density at radius 2 is 1.64 bits per heavy atom. The lowest BCUT2D eigenvalue weighted by Gasteiger charge is -2.17. The van der Waals surface area contributed by atoms with E-state index in [9.17, 15) is 0 Å². The summed E-state index contributed by atoms with van der Waals surface area (Å²) in [5.41, 5.74) is 0. The summed E-state index contributed by atoms with van der Waals surface area (Å²) in [6.07, 6.45) is 0.345. The molecule has 1 aliphatic rings. The molecule has 4 nitrogen and oxygen atoms in total. The topological polar surface area (TPSA) is 41.9 Å². The second-order valence-electron chi connectivity index (χ2n) is 3.47. The van der Waals surface area contributed by atoms with Crippen molar-refractivity contribution in [1.82, 2.24) is 4.90 Å². The van der Waals surface area contributed by atoms with E-state index < -0.39 is 0 Å². The second-order valence-corrected chi connectivity index (χ2v) is 3.47. The fourth-order valence-corrected chi connectivity index (χ4v) is 1.89. The minimum Gasteiger partial charge on any atom is -0.395 e. The van der Waals surface area contributed by atoms with Gasteiger partial charge in [0.2, 0.25) is 0 Å². The third-order valence-electron chi connectivity index (χ3n) is 2.47. The van der Waals surface area contributed by atoms with Gasteiger partial charge in [-0.25, -0.2) is 0 Å². The van der Waals surface area contributed by atoms with Crippen molar-refractivity contribution in [3.63, 3.8) is 0 Å². The minimum absolute atomic E-state index is 0.173. The zero-order valence-electron chi connectivity index (χ0n) is 9.11. The van der Waals surface area contributed by atoms with Gasteiger partial charge < -0.3 is 14.6 Å². The van der Waals surface area contributed by atoms with Crippen LogP contribution in [0.2, 0.25) is 0 Å². The molecule has 0 unspecified atom stereocenters. The molecule has 1 fully saturated rings. The van der Waals surface area contributed by atoms with E-state index >= 15 is 0 Å². The summed E-state index contributed by atoms with van der Waals surface area (Å²) < 4.78 is 11.2. The predicted molar refractivity (Wildman–Crippen MR) is 54.4 cm³/mol. The summed E-state index contributed by atoms with van der Waals surface area (Å²) in [4.78, 5) is 2.18. The number of rotatable bonds is 6. The van der Waals surface area contributed by atoms with Crippen molar-refractivity contribution in [3.8, 4) is 0 Å². The summed E-state index contributed by atoms with van der Waals surface area (Å²) in [6, 6.07) is 0. The van der Waals surface area contributed by atoms with Crippen molar-refractivity contribution in [3.05, 3.63) is 0 Å². The van der Waals surface area contributed by atoms with Crippen LogP contribution in [0.4, 0.5) is 0 Å². The van der Waals surface area contributed by atoms with Crippen molar-refractivity contribution in [2.24, 2.45) is 0 Å². The maximum Gasteiger partial charge on any atom is 0.0975 e. The van der Waals surface area contributed by atoms with Crippen molar-refractivity contribution in [2.75, 3.05) is 39.5 Å². The standard InChI is InChI=1S/C10H21NO3/c1-3-13-9-7-11(5-6-12)8-10(9)14-4-2/h9-10,12H,3-8H2,1-2H3/t9-,10-/m1/s1. The van der Waals surface area contributed by atoms with E-state index in [0.717, 1.165) is 26.3 Å². The van der Waals surface area contributed by atoms with Crippen LogP contribution in [0.1, 0.15) is 13.8 Å². The average Bonchev–Trinajstić information content (AvgIpc) is 2.50. The van der Waals surface area contributed by atoms with Gasteiger partial charge in [0, 0.05) is 32.8 Å². The number of hydrogen-bond donors (Lipinski definition) is 1. The fourth-order valence-electron chi connectivity index (χ4n) is 1.89. The molecule has 0 aromatic heterocycles. The molecule has 0 radical (unpaired) electrons. The maximum atomic E-state index is 8.84. The largest absolute Gasteiger partial charge is 0.395 e. The first kappa shape index (κ1) is 11.9. The smallest absolute Gasteiger partial charge is 0.0975 e. The molecule has 14 heavy (non-hydrogen) atoms. The van der Waals surface area contributed by atoms with Crippen LogP contribution in [0, 0.1) is 0 Å². The van der Waals surface area contributed by atoms with Gasteiger partial charge in [-0.2, -0.15) is 0 Å². The lowest BCUT2D eigenvalue weighted by molar-refractivity contribution is -0.0388. The molecule has 0 aromatic carbocycles. The van der Waals surface area contributed by atoms with E-state index in [1.54, 1.807) is 0 Å². The molecule has 1 N–H and O–H groups in total. The number of aliphatic hydroxyl groups is 1. The molecule has 0 aromatic rings. The Morgan fingerprint density at radius 1 is 1.14 bits per heavy atom. The third-order valence-corrected chi connectivity index (χ3v) is 2.47. The molecule has 4 heteroatoms. The van der Waals surface area contributed by atoms with Crippen LogP contribution in [0.25, 0.3) is 0 Å². The number of ether oxygens (including phenoxy) is 2. The SMILES string of the molecule is CCO[C@@H]1CN(CCO)C[C@H]1OCC. The highest BCUT2D eigenvalue weighted by molar-refractivity contribution is 4.85. The number of likely N-dealkylation sites (tertiary alicyclic amines) is 1. The van der Waals surface area contributed by atoms with Gasteiger partial charge in [0.05, 0.1) is 18.8 Å². The van der Waals surface area contributed by atoms with E-state index in [1.807, 2.05) is 13.8 Å². The Hall–Kier alpha value is -0.160. The van der Waals surface area contributed by atoms with Crippen LogP contribution in [0.15, 0.2) is 0 Å². The molecule has 84 valence electrons. The van der Waals surface area contributed by atoms with E-state index in [1.165, 1.54) is 0 Å². The molecular formula is C10H21NO3. The van der Waals surface area contributed by atoms with Gasteiger partial charge in [0.15, 0.2) is 0 Å². The first-order valence-corrected chi connectivity index (χ1v) is 5.38. The van der Waals surface area contributed by atoms with E-state index in [0.29, 0.717) is 6.54 Å². The predicted octanol–water partition coefficient (Wildman–Crippen LogP) is 0.104. The molecule has 2 atom stereocenters. The zero-order valence-corrected chi connectivity index (χ0v) is 9.11. The minimum atomic E-state index is 0.173. The second kappa shape index (κ2) is 6.35. The van der Waals surface area contributed by atoms with E-state index in [4.69, 9.17) is 14.6 Å². The van der Waals surface area contributed by atoms with Crippen molar-refractivity contribution in [2.45, 2.75) is 26.1 Å². The van der Waals surface area contributed by atoms with Gasteiger partial charge in [-0.1, -0.05) is 0 Å². The summed E-state index contributed by atoms with van der Waals surface area (Å²) in [5, 5.41) is 8.84. The Morgan fingerprint density at radius 3 is 2.00 bits per heavy atom. The lowest BCUT2D eigenvalue weighted by atomic mass is 10.2. The molecule has 0 amide bonds. The van der Waals surface area contributed by atoms with Crippen LogP contribution >= 0.6 is 0 Å². The molecule has 0 spiro atoms. The van der Waals surface area contributed by atoms with Crippen molar-refractivity contribution in [1.29, 1.82) is 0 Å². The number of nitrogens with zero attached hydrogens (tertiary/aromatic N) is 1. The number of aliphatic hydroxyl groups excluding tert-OH is 1. The number of β-amino-alcohol motifs (C(OH)–C–C–N with tert-alkyl or cyclic N) is 1. The number of hydrogen-bond acceptors (Lipinski definition) is 4. The summed E-state index contributed by atoms with van der Waals surface area (Å²) in [6.45, 7) is 8.11. The molecule has 0 aliphatic carbocycles. The Labute approximate surface area is 85.8 Å². The Kier molecular flexibility index (Phi) is 5.40. The van der Waals surface area contributed by atoms with Crippen LogP contribution < -0.4 is 0 Å². The Balaban J connectivity index is 2.38. The van der Waals surface area contributed by atoms with Gasteiger partial charge in [-0.3, -0.25) is 4.90 Å². The highest BCUT2D eigenvalue weighted by Gasteiger charge is 2.33. The first-order valence-electron chi connectivity index (χ1n) is 5.38. The van der Waals surface area contributed by atoms with E-state index in [2.05, 4.69) is 4.90 Å². The van der Waals surface area contributed by atoms with Crippen molar-refractivity contribution < 1.29 is 14.6 Å². The van der Waals surface area contributed by atoms with Gasteiger partial charge in [0.25, 0.3) is 0 Å². The van der Waals surface area contributed by atoms with Gasteiger partial charge in [-0.15, -0.1) is 0 Å². The lowest BCUT2D eigenvalue weighted by Crippen LogP contribution is -2.29. The van der Waals surface area contributed by atoms with E-state index in [-0.39, 0.29) is 18.8 Å². The summed E-state index contributed by atoms with van der Waals surface area (Å²) in [7, 11) is 0. The van der Waals surface area contributed by atoms with Gasteiger partial charge in [0.1, 0.15) is 0 Å². The zero-order chi connectivity index (χ0) is 10.4. The molecule has 0 saturated carbocycles. The molecular weight excluding hydrogens is 182 g/mol. The van der Waals surface area contributed by atoms with Crippen LogP contribution in [-0.4, -0.2) is 61.7 Å². The van der Waals surface area contributed by atoms with Gasteiger partial charge in [-0.05, 0) is 13.8 Å². The highest BCUT2D eigenvalue weighted by Crippen LogP contribution is 2.16. The molecule has 1 aliphatic heterocycles. The molecule has 1 saturated heterocycles. The summed E-state index contributed by atoms with van der Waals surface area (Å²) in [5.74, 6) is 0.